The number of anilines is 1. The van der Waals surface area contributed by atoms with Crippen LogP contribution in [0.1, 0.15) is 11.1 Å². The first kappa shape index (κ1) is 11.7. The highest BCUT2D eigenvalue weighted by molar-refractivity contribution is 7.92. The second kappa shape index (κ2) is 4.21. The number of sulfonamides is 1. The average molecular weight is 251 g/mol. The highest BCUT2D eigenvalue weighted by Crippen LogP contribution is 2.17. The van der Waals surface area contributed by atoms with Crippen LogP contribution in [0.25, 0.3) is 0 Å². The molecule has 17 heavy (non-hydrogen) atoms. The van der Waals surface area contributed by atoms with Gasteiger partial charge in [-0.3, -0.25) is 9.82 Å². The van der Waals surface area contributed by atoms with Gasteiger partial charge in [-0.2, -0.15) is 5.10 Å². The van der Waals surface area contributed by atoms with Gasteiger partial charge >= 0.3 is 0 Å². The maximum atomic E-state index is 12.0. The Bertz CT molecular complexity index is 618. The number of rotatable bonds is 3. The Balaban J connectivity index is 2.35. The van der Waals surface area contributed by atoms with Crippen LogP contribution in [0.2, 0.25) is 0 Å². The van der Waals surface area contributed by atoms with E-state index in [1.54, 1.807) is 18.2 Å². The third-order valence-corrected chi connectivity index (χ3v) is 3.92. The number of nitrogens with one attached hydrogen (secondary N) is 2. The summed E-state index contributed by atoms with van der Waals surface area (Å²) in [4.78, 5) is 0.252. The molecular weight excluding hydrogens is 238 g/mol. The molecule has 1 heterocycles. The van der Waals surface area contributed by atoms with Crippen LogP contribution < -0.4 is 4.72 Å². The van der Waals surface area contributed by atoms with E-state index in [-0.39, 0.29) is 4.90 Å². The summed E-state index contributed by atoms with van der Waals surface area (Å²) in [5, 5.41) is 6.23. The highest BCUT2D eigenvalue weighted by Gasteiger charge is 2.14. The SMILES string of the molecule is Cc1ccc(S(=O)(=O)Nc2cn[nH]c2)cc1C. The number of hydrogen-bond donors (Lipinski definition) is 2. The van der Waals surface area contributed by atoms with Gasteiger partial charge in [-0.15, -0.1) is 0 Å². The van der Waals surface area contributed by atoms with Crippen molar-refractivity contribution in [3.05, 3.63) is 41.7 Å². The van der Waals surface area contributed by atoms with Crippen LogP contribution in [0, 0.1) is 13.8 Å². The highest BCUT2D eigenvalue weighted by atomic mass is 32.2. The lowest BCUT2D eigenvalue weighted by Crippen LogP contribution is -2.12. The predicted molar refractivity (Wildman–Crippen MR) is 65.3 cm³/mol. The van der Waals surface area contributed by atoms with Crippen molar-refractivity contribution in [3.8, 4) is 0 Å². The minimum Gasteiger partial charge on any atom is -0.284 e. The molecule has 5 nitrogen and oxygen atoms in total. The minimum atomic E-state index is -3.53. The lowest BCUT2D eigenvalue weighted by Gasteiger charge is -2.07. The molecule has 0 spiro atoms. The summed E-state index contributed by atoms with van der Waals surface area (Å²) in [6, 6.07) is 5.03. The zero-order valence-corrected chi connectivity index (χ0v) is 10.4. The fourth-order valence-corrected chi connectivity index (χ4v) is 2.52. The van der Waals surface area contributed by atoms with Crippen molar-refractivity contribution in [2.75, 3.05) is 4.72 Å². The lowest BCUT2D eigenvalue weighted by atomic mass is 10.1. The number of aromatic amines is 1. The molecule has 2 N–H and O–H groups in total. The molecule has 0 saturated carbocycles. The van der Waals surface area contributed by atoms with E-state index >= 15 is 0 Å². The van der Waals surface area contributed by atoms with Gasteiger partial charge in [-0.1, -0.05) is 6.07 Å². The summed E-state index contributed by atoms with van der Waals surface area (Å²) in [7, 11) is -3.53. The lowest BCUT2D eigenvalue weighted by molar-refractivity contribution is 0.601. The Labute approximate surface area is 99.9 Å². The summed E-state index contributed by atoms with van der Waals surface area (Å²) < 4.78 is 26.5. The van der Waals surface area contributed by atoms with Crippen molar-refractivity contribution < 1.29 is 8.42 Å². The molecule has 1 aromatic carbocycles. The van der Waals surface area contributed by atoms with Gasteiger partial charge in [0.05, 0.1) is 16.8 Å². The van der Waals surface area contributed by atoms with E-state index in [9.17, 15) is 8.42 Å². The van der Waals surface area contributed by atoms with E-state index in [4.69, 9.17) is 0 Å². The van der Waals surface area contributed by atoms with Crippen LogP contribution in [0.4, 0.5) is 5.69 Å². The first-order valence-electron chi connectivity index (χ1n) is 5.08. The van der Waals surface area contributed by atoms with Crippen LogP contribution in [0.3, 0.4) is 0 Å². The third kappa shape index (κ3) is 2.47. The summed E-state index contributed by atoms with van der Waals surface area (Å²) in [6.45, 7) is 3.82. The Hall–Kier alpha value is -1.82. The van der Waals surface area contributed by atoms with Crippen molar-refractivity contribution in [3.63, 3.8) is 0 Å². The Morgan fingerprint density at radius 1 is 1.24 bits per heavy atom. The van der Waals surface area contributed by atoms with Gasteiger partial charge in [0, 0.05) is 6.20 Å². The van der Waals surface area contributed by atoms with E-state index in [0.717, 1.165) is 11.1 Å². The van der Waals surface area contributed by atoms with E-state index < -0.39 is 10.0 Å². The normalized spacial score (nSPS) is 11.4. The molecule has 0 fully saturated rings. The van der Waals surface area contributed by atoms with Gasteiger partial charge in [0.25, 0.3) is 10.0 Å². The van der Waals surface area contributed by atoms with Crippen molar-refractivity contribution in [1.29, 1.82) is 0 Å². The van der Waals surface area contributed by atoms with Crippen LogP contribution in [-0.2, 0) is 10.0 Å². The molecule has 0 saturated heterocycles. The molecule has 1 aromatic heterocycles. The smallest absolute Gasteiger partial charge is 0.262 e. The zero-order chi connectivity index (χ0) is 12.5. The Morgan fingerprint density at radius 3 is 2.59 bits per heavy atom. The van der Waals surface area contributed by atoms with Gasteiger partial charge in [-0.25, -0.2) is 8.42 Å². The van der Waals surface area contributed by atoms with Gasteiger partial charge in [0.2, 0.25) is 0 Å². The maximum absolute atomic E-state index is 12.0. The minimum absolute atomic E-state index is 0.252. The zero-order valence-electron chi connectivity index (χ0n) is 9.56. The second-order valence-corrected chi connectivity index (χ2v) is 5.52. The Morgan fingerprint density at radius 2 is 2.00 bits per heavy atom. The number of benzene rings is 1. The molecule has 0 unspecified atom stereocenters. The maximum Gasteiger partial charge on any atom is 0.262 e. The van der Waals surface area contributed by atoms with Crippen molar-refractivity contribution in [2.24, 2.45) is 0 Å². The quantitative estimate of drug-likeness (QED) is 0.873. The van der Waals surface area contributed by atoms with E-state index in [0.29, 0.717) is 5.69 Å². The number of H-pyrrole nitrogens is 1. The molecule has 0 atom stereocenters. The van der Waals surface area contributed by atoms with Crippen molar-refractivity contribution >= 4 is 15.7 Å². The molecule has 0 aliphatic rings. The number of aryl methyl sites for hydroxylation is 2. The number of nitrogens with zero attached hydrogens (tertiary/aromatic N) is 1. The molecule has 90 valence electrons. The number of aromatic nitrogens is 2. The second-order valence-electron chi connectivity index (χ2n) is 3.84. The predicted octanol–water partition coefficient (Wildman–Crippen LogP) is 1.83. The first-order valence-corrected chi connectivity index (χ1v) is 6.56. The first-order chi connectivity index (χ1) is 7.99. The fourth-order valence-electron chi connectivity index (χ4n) is 1.40. The summed E-state index contributed by atoms with van der Waals surface area (Å²) in [5.74, 6) is 0. The topological polar surface area (TPSA) is 74.8 Å². The van der Waals surface area contributed by atoms with Gasteiger partial charge in [-0.05, 0) is 37.1 Å². The number of hydrogen-bond acceptors (Lipinski definition) is 3. The van der Waals surface area contributed by atoms with Crippen LogP contribution in [-0.4, -0.2) is 18.6 Å². The van der Waals surface area contributed by atoms with Gasteiger partial charge < -0.3 is 0 Å². The van der Waals surface area contributed by atoms with Crippen LogP contribution >= 0.6 is 0 Å². The summed E-state index contributed by atoms with van der Waals surface area (Å²) in [5.41, 5.74) is 2.43. The van der Waals surface area contributed by atoms with E-state index in [1.165, 1.54) is 12.4 Å². The van der Waals surface area contributed by atoms with Crippen LogP contribution in [0.15, 0.2) is 35.5 Å². The van der Waals surface area contributed by atoms with Crippen molar-refractivity contribution in [2.45, 2.75) is 18.7 Å². The summed E-state index contributed by atoms with van der Waals surface area (Å²) >= 11 is 0. The third-order valence-electron chi connectivity index (χ3n) is 2.54. The molecule has 0 bridgehead atoms. The molecule has 0 radical (unpaired) electrons. The average Bonchev–Trinajstić information content (AvgIpc) is 2.73. The standard InChI is InChI=1S/C11H13N3O2S/c1-8-3-4-11(5-9(8)2)17(15,16)14-10-6-12-13-7-10/h3-7,14H,1-2H3,(H,12,13). The molecule has 2 rings (SSSR count). The van der Waals surface area contributed by atoms with E-state index in [1.807, 2.05) is 13.8 Å². The van der Waals surface area contributed by atoms with Gasteiger partial charge in [0.15, 0.2) is 0 Å². The molecule has 0 aliphatic carbocycles. The largest absolute Gasteiger partial charge is 0.284 e. The molecule has 2 aromatic rings. The summed E-state index contributed by atoms with van der Waals surface area (Å²) in [6.07, 6.45) is 2.90. The fraction of sp³-hybridized carbons (Fsp3) is 0.182. The van der Waals surface area contributed by atoms with Crippen LogP contribution in [0.5, 0.6) is 0 Å². The van der Waals surface area contributed by atoms with Crippen molar-refractivity contribution in [1.82, 2.24) is 10.2 Å². The Kier molecular flexibility index (Phi) is 2.89. The molecular formula is C11H13N3O2S. The molecule has 0 amide bonds. The molecule has 6 heteroatoms. The molecule has 0 aliphatic heterocycles. The monoisotopic (exact) mass is 251 g/mol. The van der Waals surface area contributed by atoms with E-state index in [2.05, 4.69) is 14.9 Å². The van der Waals surface area contributed by atoms with Gasteiger partial charge in [0.1, 0.15) is 0 Å².